The highest BCUT2D eigenvalue weighted by Crippen LogP contribution is 2.24. The summed E-state index contributed by atoms with van der Waals surface area (Å²) in [5.41, 5.74) is 2.16. The van der Waals surface area contributed by atoms with Crippen LogP contribution in [0.4, 0.5) is 0 Å². The van der Waals surface area contributed by atoms with Gasteiger partial charge in [-0.15, -0.1) is 0 Å². The molecule has 0 bridgehead atoms. The number of fused-ring (bicyclic) bond motifs is 1. The van der Waals surface area contributed by atoms with Crippen molar-refractivity contribution in [2.24, 2.45) is 0 Å². The van der Waals surface area contributed by atoms with E-state index in [1.54, 1.807) is 12.4 Å². The minimum absolute atomic E-state index is 0.759. The maximum atomic E-state index is 4.24. The fourth-order valence-corrected chi connectivity index (χ4v) is 1.69. The number of aromatic amines is 1. The Labute approximate surface area is 86.8 Å². The number of nitrogens with one attached hydrogen (secondary N) is 1. The first-order valence-electron chi connectivity index (χ1n) is 4.78. The van der Waals surface area contributed by atoms with Gasteiger partial charge in [0.2, 0.25) is 0 Å². The fourth-order valence-electron chi connectivity index (χ4n) is 1.69. The van der Waals surface area contributed by atoms with Crippen molar-refractivity contribution in [3.63, 3.8) is 0 Å². The second-order valence-electron chi connectivity index (χ2n) is 3.32. The highest BCUT2D eigenvalue weighted by atomic mass is 14.9. The van der Waals surface area contributed by atoms with E-state index in [0.29, 0.717) is 0 Å². The number of aromatic nitrogens is 3. The number of para-hydroxylation sites is 1. The predicted molar refractivity (Wildman–Crippen MR) is 59.3 cm³/mol. The fraction of sp³-hybridized carbons (Fsp3) is 0. The van der Waals surface area contributed by atoms with E-state index in [9.17, 15) is 0 Å². The predicted octanol–water partition coefficient (Wildman–Crippen LogP) is 2.62. The molecule has 3 heteroatoms. The summed E-state index contributed by atoms with van der Waals surface area (Å²) in [5.74, 6) is 0.759. The number of benzene rings is 1. The zero-order valence-electron chi connectivity index (χ0n) is 8.01. The van der Waals surface area contributed by atoms with E-state index in [-0.39, 0.29) is 0 Å². The molecule has 72 valence electrons. The molecule has 2 aromatic heterocycles. The third kappa shape index (κ3) is 1.29. The summed E-state index contributed by atoms with van der Waals surface area (Å²) in [6.07, 6.45) is 5.45. The summed E-state index contributed by atoms with van der Waals surface area (Å²) in [6.45, 7) is 0. The van der Waals surface area contributed by atoms with Crippen LogP contribution in [0.25, 0.3) is 22.3 Å². The number of hydrogen-bond donors (Lipinski definition) is 1. The minimum Gasteiger partial charge on any atom is -0.360 e. The Morgan fingerprint density at radius 3 is 2.60 bits per heavy atom. The zero-order chi connectivity index (χ0) is 10.1. The molecule has 0 aliphatic carbocycles. The van der Waals surface area contributed by atoms with Crippen LogP contribution in [0.3, 0.4) is 0 Å². The van der Waals surface area contributed by atoms with Gasteiger partial charge in [0, 0.05) is 35.1 Å². The van der Waals surface area contributed by atoms with Crippen LogP contribution in [0.1, 0.15) is 0 Å². The lowest BCUT2D eigenvalue weighted by molar-refractivity contribution is 1.18. The third-order valence-electron chi connectivity index (χ3n) is 2.40. The second-order valence-corrected chi connectivity index (χ2v) is 3.32. The summed E-state index contributed by atoms with van der Waals surface area (Å²) in [5, 5.41) is 1.16. The molecule has 1 N–H and O–H groups in total. The summed E-state index contributed by atoms with van der Waals surface area (Å²) >= 11 is 0. The van der Waals surface area contributed by atoms with Crippen molar-refractivity contribution in [2.45, 2.75) is 0 Å². The van der Waals surface area contributed by atoms with Gasteiger partial charge in [0.25, 0.3) is 0 Å². The highest BCUT2D eigenvalue weighted by molar-refractivity contribution is 5.93. The average molecular weight is 195 g/mol. The summed E-state index contributed by atoms with van der Waals surface area (Å²) in [4.78, 5) is 11.7. The molecule has 0 spiro atoms. The van der Waals surface area contributed by atoms with Crippen molar-refractivity contribution in [3.05, 3.63) is 48.9 Å². The molecule has 0 saturated carbocycles. The van der Waals surface area contributed by atoms with E-state index in [1.165, 1.54) is 0 Å². The van der Waals surface area contributed by atoms with Crippen molar-refractivity contribution in [2.75, 3.05) is 0 Å². The molecule has 0 unspecified atom stereocenters. The standard InChI is InChI=1S/C12H9N3/c1-2-5-11-9(4-1)10(8-15-11)12-13-6-3-7-14-12/h1-8,15H. The van der Waals surface area contributed by atoms with Crippen molar-refractivity contribution in [1.29, 1.82) is 0 Å². The van der Waals surface area contributed by atoms with E-state index in [1.807, 2.05) is 30.5 Å². The summed E-state index contributed by atoms with van der Waals surface area (Å²) in [7, 11) is 0. The van der Waals surface area contributed by atoms with Gasteiger partial charge in [0.05, 0.1) is 0 Å². The molecule has 0 amide bonds. The van der Waals surface area contributed by atoms with Crippen LogP contribution >= 0.6 is 0 Å². The number of hydrogen-bond acceptors (Lipinski definition) is 2. The van der Waals surface area contributed by atoms with Gasteiger partial charge in [-0.25, -0.2) is 9.97 Å². The SMILES string of the molecule is c1cnc(-c2c[nH]c3ccccc23)nc1. The first-order valence-corrected chi connectivity index (χ1v) is 4.78. The van der Waals surface area contributed by atoms with Crippen LogP contribution in [-0.2, 0) is 0 Å². The van der Waals surface area contributed by atoms with Crippen molar-refractivity contribution in [3.8, 4) is 11.4 Å². The summed E-state index contributed by atoms with van der Waals surface area (Å²) in [6, 6.07) is 9.95. The Balaban J connectivity index is 2.28. The quantitative estimate of drug-likeness (QED) is 0.648. The minimum atomic E-state index is 0.759. The van der Waals surface area contributed by atoms with Crippen LogP contribution in [0.15, 0.2) is 48.9 Å². The highest BCUT2D eigenvalue weighted by Gasteiger charge is 2.06. The number of rotatable bonds is 1. The van der Waals surface area contributed by atoms with Gasteiger partial charge >= 0.3 is 0 Å². The monoisotopic (exact) mass is 195 g/mol. The maximum Gasteiger partial charge on any atom is 0.161 e. The van der Waals surface area contributed by atoms with Gasteiger partial charge in [-0.05, 0) is 12.1 Å². The molecule has 0 atom stereocenters. The Bertz CT molecular complexity index is 584. The maximum absolute atomic E-state index is 4.24. The lowest BCUT2D eigenvalue weighted by Crippen LogP contribution is -1.84. The molecule has 0 aliphatic rings. The molecule has 3 aromatic rings. The molecular formula is C12H9N3. The molecule has 2 heterocycles. The Morgan fingerprint density at radius 1 is 0.933 bits per heavy atom. The summed E-state index contributed by atoms with van der Waals surface area (Å²) < 4.78 is 0. The van der Waals surface area contributed by atoms with Crippen LogP contribution in [0.2, 0.25) is 0 Å². The van der Waals surface area contributed by atoms with Gasteiger partial charge in [-0.2, -0.15) is 0 Å². The Morgan fingerprint density at radius 2 is 1.73 bits per heavy atom. The van der Waals surface area contributed by atoms with E-state index in [0.717, 1.165) is 22.3 Å². The Hall–Kier alpha value is -2.16. The largest absolute Gasteiger partial charge is 0.360 e. The first kappa shape index (κ1) is 8.17. The molecule has 0 saturated heterocycles. The molecule has 0 radical (unpaired) electrons. The van der Waals surface area contributed by atoms with E-state index >= 15 is 0 Å². The van der Waals surface area contributed by atoms with Crippen LogP contribution in [0, 0.1) is 0 Å². The smallest absolute Gasteiger partial charge is 0.161 e. The topological polar surface area (TPSA) is 41.6 Å². The average Bonchev–Trinajstić information content (AvgIpc) is 2.74. The van der Waals surface area contributed by atoms with E-state index in [4.69, 9.17) is 0 Å². The molecule has 3 nitrogen and oxygen atoms in total. The Kier molecular flexibility index (Phi) is 1.75. The van der Waals surface area contributed by atoms with Gasteiger partial charge in [0.15, 0.2) is 5.82 Å². The second kappa shape index (κ2) is 3.20. The van der Waals surface area contributed by atoms with Gasteiger partial charge < -0.3 is 4.98 Å². The zero-order valence-corrected chi connectivity index (χ0v) is 8.01. The third-order valence-corrected chi connectivity index (χ3v) is 2.40. The number of nitrogens with zero attached hydrogens (tertiary/aromatic N) is 2. The number of H-pyrrole nitrogens is 1. The first-order chi connectivity index (χ1) is 7.45. The molecule has 3 rings (SSSR count). The van der Waals surface area contributed by atoms with Gasteiger partial charge in [-0.1, -0.05) is 18.2 Å². The van der Waals surface area contributed by atoms with Crippen LogP contribution in [0.5, 0.6) is 0 Å². The van der Waals surface area contributed by atoms with Gasteiger partial charge in [-0.3, -0.25) is 0 Å². The van der Waals surface area contributed by atoms with Crippen molar-refractivity contribution >= 4 is 10.9 Å². The molecule has 0 fully saturated rings. The van der Waals surface area contributed by atoms with Gasteiger partial charge in [0.1, 0.15) is 0 Å². The van der Waals surface area contributed by atoms with Crippen molar-refractivity contribution < 1.29 is 0 Å². The lowest BCUT2D eigenvalue weighted by atomic mass is 10.1. The molecule has 0 aliphatic heterocycles. The van der Waals surface area contributed by atoms with E-state index in [2.05, 4.69) is 21.0 Å². The van der Waals surface area contributed by atoms with Crippen LogP contribution < -0.4 is 0 Å². The van der Waals surface area contributed by atoms with E-state index < -0.39 is 0 Å². The molecule has 1 aromatic carbocycles. The molecule has 15 heavy (non-hydrogen) atoms. The van der Waals surface area contributed by atoms with Crippen LogP contribution in [-0.4, -0.2) is 15.0 Å². The lowest BCUT2D eigenvalue weighted by Gasteiger charge is -1.95. The molecular weight excluding hydrogens is 186 g/mol. The normalized spacial score (nSPS) is 10.7. The van der Waals surface area contributed by atoms with Crippen molar-refractivity contribution in [1.82, 2.24) is 15.0 Å².